The number of thiophene rings is 1. The second-order valence-corrected chi connectivity index (χ2v) is 7.56. The third kappa shape index (κ3) is 4.34. The van der Waals surface area contributed by atoms with E-state index in [1.165, 1.54) is 4.88 Å². The molecule has 1 saturated carbocycles. The van der Waals surface area contributed by atoms with Crippen LogP contribution in [0.2, 0.25) is 0 Å². The van der Waals surface area contributed by atoms with E-state index in [0.717, 1.165) is 24.3 Å². The summed E-state index contributed by atoms with van der Waals surface area (Å²) < 4.78 is 11.4. The minimum absolute atomic E-state index is 0.218. The van der Waals surface area contributed by atoms with Crippen LogP contribution in [-0.2, 0) is 17.9 Å². The first-order valence-corrected chi connectivity index (χ1v) is 9.61. The summed E-state index contributed by atoms with van der Waals surface area (Å²) in [5.41, 5.74) is 1.06. The summed E-state index contributed by atoms with van der Waals surface area (Å²) in [4.78, 5) is 15.6. The normalized spacial score (nSPS) is 18.7. The van der Waals surface area contributed by atoms with E-state index in [0.29, 0.717) is 24.8 Å². The van der Waals surface area contributed by atoms with Gasteiger partial charge in [-0.1, -0.05) is 19.1 Å². The summed E-state index contributed by atoms with van der Waals surface area (Å²) in [6.45, 7) is 6.04. The molecule has 1 fully saturated rings. The lowest BCUT2D eigenvalue weighted by Crippen LogP contribution is -2.31. The Bertz CT molecular complexity index is 714. The van der Waals surface area contributed by atoms with Gasteiger partial charge in [-0.15, -0.1) is 11.3 Å². The molecule has 1 aromatic carbocycles. The van der Waals surface area contributed by atoms with E-state index in [4.69, 9.17) is 9.47 Å². The highest BCUT2D eigenvalue weighted by Gasteiger charge is 2.41. The van der Waals surface area contributed by atoms with Crippen molar-refractivity contribution in [3.05, 3.63) is 46.2 Å². The van der Waals surface area contributed by atoms with Crippen molar-refractivity contribution in [1.82, 2.24) is 4.90 Å². The molecular weight excluding hydrogens is 334 g/mol. The Morgan fingerprint density at radius 2 is 2.12 bits per heavy atom. The highest BCUT2D eigenvalue weighted by molar-refractivity contribution is 7.09. The number of hydrogen-bond donors (Lipinski definition) is 0. The fourth-order valence-electron chi connectivity index (χ4n) is 2.94. The molecule has 1 aromatic heterocycles. The molecule has 2 aromatic rings. The number of ether oxygens (including phenoxy) is 2. The van der Waals surface area contributed by atoms with Crippen LogP contribution >= 0.6 is 11.3 Å². The van der Waals surface area contributed by atoms with Crippen molar-refractivity contribution in [2.75, 3.05) is 13.7 Å². The van der Waals surface area contributed by atoms with Crippen LogP contribution in [0.25, 0.3) is 0 Å². The van der Waals surface area contributed by atoms with E-state index in [1.54, 1.807) is 18.4 Å². The zero-order valence-corrected chi connectivity index (χ0v) is 15.8. The van der Waals surface area contributed by atoms with Crippen molar-refractivity contribution in [2.24, 2.45) is 11.8 Å². The van der Waals surface area contributed by atoms with Crippen LogP contribution in [0.3, 0.4) is 0 Å². The standard InChI is InChI=1S/C20H25NO3S/c1-4-21(20(22)17-10-14(17)2)12-15-7-8-18(19(11-15)23-3)24-13-16-6-5-9-25-16/h5-9,11,14,17H,4,10,12-13H2,1-3H3. The minimum atomic E-state index is 0.218. The van der Waals surface area contributed by atoms with Crippen LogP contribution in [0, 0.1) is 11.8 Å². The van der Waals surface area contributed by atoms with Crippen molar-refractivity contribution < 1.29 is 14.3 Å². The maximum Gasteiger partial charge on any atom is 0.226 e. The van der Waals surface area contributed by atoms with Gasteiger partial charge >= 0.3 is 0 Å². The molecule has 0 radical (unpaired) electrons. The Labute approximate surface area is 153 Å². The Kier molecular flexibility index (Phi) is 5.63. The van der Waals surface area contributed by atoms with E-state index in [-0.39, 0.29) is 11.8 Å². The highest BCUT2D eigenvalue weighted by atomic mass is 32.1. The molecule has 2 unspecified atom stereocenters. The van der Waals surface area contributed by atoms with Crippen LogP contribution in [0.4, 0.5) is 0 Å². The second-order valence-electron chi connectivity index (χ2n) is 6.53. The largest absolute Gasteiger partial charge is 0.493 e. The molecule has 0 bridgehead atoms. The lowest BCUT2D eigenvalue weighted by atomic mass is 10.1. The number of benzene rings is 1. The third-order valence-corrected chi connectivity index (χ3v) is 5.52. The van der Waals surface area contributed by atoms with Crippen molar-refractivity contribution in [1.29, 1.82) is 0 Å². The van der Waals surface area contributed by atoms with Gasteiger partial charge in [0.25, 0.3) is 0 Å². The smallest absolute Gasteiger partial charge is 0.226 e. The number of carbonyl (C=O) groups excluding carboxylic acids is 1. The Morgan fingerprint density at radius 3 is 2.72 bits per heavy atom. The van der Waals surface area contributed by atoms with E-state index >= 15 is 0 Å². The number of nitrogens with zero attached hydrogens (tertiary/aromatic N) is 1. The number of carbonyl (C=O) groups is 1. The molecule has 0 aliphatic heterocycles. The van der Waals surface area contributed by atoms with Crippen LogP contribution < -0.4 is 9.47 Å². The van der Waals surface area contributed by atoms with Crippen LogP contribution in [0.5, 0.6) is 11.5 Å². The molecule has 3 rings (SSSR count). The van der Waals surface area contributed by atoms with Gasteiger partial charge in [0, 0.05) is 23.9 Å². The molecule has 0 saturated heterocycles. The molecule has 0 N–H and O–H groups in total. The molecule has 1 aliphatic rings. The Morgan fingerprint density at radius 1 is 1.32 bits per heavy atom. The number of methoxy groups -OCH3 is 1. The van der Waals surface area contributed by atoms with E-state index in [1.807, 2.05) is 41.5 Å². The first kappa shape index (κ1) is 17.8. The Hall–Kier alpha value is -2.01. The maximum atomic E-state index is 12.5. The van der Waals surface area contributed by atoms with Crippen LogP contribution in [0.15, 0.2) is 35.7 Å². The molecule has 1 heterocycles. The van der Waals surface area contributed by atoms with Gasteiger partial charge in [-0.3, -0.25) is 4.79 Å². The van der Waals surface area contributed by atoms with Gasteiger partial charge in [-0.2, -0.15) is 0 Å². The van der Waals surface area contributed by atoms with Crippen molar-refractivity contribution in [3.8, 4) is 11.5 Å². The van der Waals surface area contributed by atoms with Crippen molar-refractivity contribution >= 4 is 17.2 Å². The predicted molar refractivity (Wildman–Crippen MR) is 100 cm³/mol. The summed E-state index contributed by atoms with van der Waals surface area (Å²) in [5, 5.41) is 2.04. The monoisotopic (exact) mass is 359 g/mol. The van der Waals surface area contributed by atoms with E-state index in [9.17, 15) is 4.79 Å². The van der Waals surface area contributed by atoms with Gasteiger partial charge in [-0.05, 0) is 48.4 Å². The van der Waals surface area contributed by atoms with Gasteiger partial charge < -0.3 is 14.4 Å². The molecule has 5 heteroatoms. The van der Waals surface area contributed by atoms with Crippen LogP contribution in [-0.4, -0.2) is 24.5 Å². The molecule has 1 aliphatic carbocycles. The molecule has 1 amide bonds. The van der Waals surface area contributed by atoms with E-state index in [2.05, 4.69) is 13.0 Å². The summed E-state index contributed by atoms with van der Waals surface area (Å²) in [7, 11) is 1.64. The number of amides is 1. The van der Waals surface area contributed by atoms with Gasteiger partial charge in [-0.25, -0.2) is 0 Å². The molecular formula is C20H25NO3S. The summed E-state index contributed by atoms with van der Waals surface area (Å²) in [6.07, 6.45) is 1.02. The molecule has 0 spiro atoms. The molecule has 4 nitrogen and oxygen atoms in total. The van der Waals surface area contributed by atoms with Gasteiger partial charge in [0.05, 0.1) is 7.11 Å². The summed E-state index contributed by atoms with van der Waals surface area (Å²) in [6, 6.07) is 9.98. The number of hydrogen-bond acceptors (Lipinski definition) is 4. The van der Waals surface area contributed by atoms with E-state index < -0.39 is 0 Å². The minimum Gasteiger partial charge on any atom is -0.493 e. The van der Waals surface area contributed by atoms with Crippen molar-refractivity contribution in [2.45, 2.75) is 33.4 Å². The SMILES string of the molecule is CCN(Cc1ccc(OCc2cccs2)c(OC)c1)C(=O)C1CC1C. The van der Waals surface area contributed by atoms with Gasteiger partial charge in [0.1, 0.15) is 6.61 Å². The Balaban J connectivity index is 1.66. The fourth-order valence-corrected chi connectivity index (χ4v) is 3.56. The molecule has 25 heavy (non-hydrogen) atoms. The fraction of sp³-hybridized carbons (Fsp3) is 0.450. The first-order valence-electron chi connectivity index (χ1n) is 8.73. The summed E-state index contributed by atoms with van der Waals surface area (Å²) in [5.74, 6) is 2.45. The zero-order valence-electron chi connectivity index (χ0n) is 15.0. The second kappa shape index (κ2) is 7.91. The maximum absolute atomic E-state index is 12.5. The third-order valence-electron chi connectivity index (χ3n) is 4.67. The summed E-state index contributed by atoms with van der Waals surface area (Å²) >= 11 is 1.67. The lowest BCUT2D eigenvalue weighted by molar-refractivity contribution is -0.133. The topological polar surface area (TPSA) is 38.8 Å². The average molecular weight is 359 g/mol. The highest BCUT2D eigenvalue weighted by Crippen LogP contribution is 2.39. The quantitative estimate of drug-likeness (QED) is 0.704. The van der Waals surface area contributed by atoms with Crippen molar-refractivity contribution in [3.63, 3.8) is 0 Å². The lowest BCUT2D eigenvalue weighted by Gasteiger charge is -2.22. The van der Waals surface area contributed by atoms with Gasteiger partial charge in [0.15, 0.2) is 11.5 Å². The molecule has 2 atom stereocenters. The zero-order chi connectivity index (χ0) is 17.8. The van der Waals surface area contributed by atoms with Gasteiger partial charge in [0.2, 0.25) is 5.91 Å². The number of rotatable bonds is 8. The molecule has 134 valence electrons. The average Bonchev–Trinajstić information content (AvgIpc) is 3.13. The first-order chi connectivity index (χ1) is 12.1. The predicted octanol–water partition coefficient (Wildman–Crippen LogP) is 4.34. The van der Waals surface area contributed by atoms with Crippen LogP contribution in [0.1, 0.15) is 30.7 Å².